The second-order valence-corrected chi connectivity index (χ2v) is 11.5. The van der Waals surface area contributed by atoms with Gasteiger partial charge in [0.2, 0.25) is 0 Å². The summed E-state index contributed by atoms with van der Waals surface area (Å²) in [5.74, 6) is 0.811. The summed E-state index contributed by atoms with van der Waals surface area (Å²) in [6.45, 7) is 7.35. The van der Waals surface area contributed by atoms with Crippen molar-refractivity contribution in [2.24, 2.45) is 16.7 Å². The molecular weight excluding hydrogens is 374 g/mol. The van der Waals surface area contributed by atoms with Crippen molar-refractivity contribution in [2.45, 2.75) is 88.4 Å². The van der Waals surface area contributed by atoms with Crippen LogP contribution in [0.2, 0.25) is 0 Å². The lowest BCUT2D eigenvalue weighted by Gasteiger charge is -2.66. The van der Waals surface area contributed by atoms with Crippen LogP contribution < -0.4 is 0 Å². The van der Waals surface area contributed by atoms with Gasteiger partial charge in [-0.05, 0) is 82.5 Å². The fourth-order valence-corrected chi connectivity index (χ4v) is 10.1. The van der Waals surface area contributed by atoms with E-state index in [9.17, 15) is 10.2 Å². The second-order valence-electron chi connectivity index (χ2n) is 11.5. The number of hydrogen-bond donors (Lipinski definition) is 2. The van der Waals surface area contributed by atoms with Crippen molar-refractivity contribution in [1.29, 1.82) is 0 Å². The van der Waals surface area contributed by atoms with Gasteiger partial charge in [0.1, 0.15) is 5.75 Å². The van der Waals surface area contributed by atoms with Crippen LogP contribution >= 0.6 is 0 Å². The number of likely N-dealkylation sites (N-methyl/N-ethyl adjacent to an activating group) is 1. The number of ether oxygens (including phenoxy) is 1. The number of aryl methyl sites for hydroxylation is 1. The highest BCUT2D eigenvalue weighted by Gasteiger charge is 2.97. The maximum absolute atomic E-state index is 12.0. The van der Waals surface area contributed by atoms with E-state index in [1.165, 1.54) is 11.1 Å². The summed E-state index contributed by atoms with van der Waals surface area (Å²) in [4.78, 5) is 2.59. The van der Waals surface area contributed by atoms with Crippen LogP contribution in [-0.4, -0.2) is 53.1 Å². The molecule has 7 rings (SSSR count). The van der Waals surface area contributed by atoms with Gasteiger partial charge in [0.25, 0.3) is 0 Å². The van der Waals surface area contributed by atoms with Gasteiger partial charge in [0, 0.05) is 35.5 Å². The third-order valence-electron chi connectivity index (χ3n) is 11.0. The molecule has 4 heteroatoms. The van der Waals surface area contributed by atoms with E-state index in [1.54, 1.807) is 0 Å². The molecule has 2 N–H and O–H groups in total. The molecule has 1 saturated heterocycles. The molecule has 7 atom stereocenters. The van der Waals surface area contributed by atoms with Crippen LogP contribution in [0.5, 0.6) is 5.75 Å². The van der Waals surface area contributed by atoms with Gasteiger partial charge in [-0.3, -0.25) is 0 Å². The van der Waals surface area contributed by atoms with Crippen molar-refractivity contribution in [1.82, 2.24) is 4.90 Å². The molecule has 0 radical (unpaired) electrons. The Kier molecular flexibility index (Phi) is 3.55. The zero-order valence-corrected chi connectivity index (χ0v) is 19.2. The Balaban J connectivity index is 1.67. The zero-order chi connectivity index (χ0) is 21.3. The molecule has 0 aromatic heterocycles. The number of phenols is 1. The average molecular weight is 412 g/mol. The smallest absolute Gasteiger partial charge is 0.122 e. The highest BCUT2D eigenvalue weighted by Crippen LogP contribution is 2.94. The predicted molar refractivity (Wildman–Crippen MR) is 117 cm³/mol. The number of aliphatic hydroxyl groups is 1. The number of methoxy groups -OCH3 is 1. The van der Waals surface area contributed by atoms with Gasteiger partial charge < -0.3 is 19.8 Å². The topological polar surface area (TPSA) is 52.9 Å². The molecule has 0 amide bonds. The molecule has 5 aliphatic carbocycles. The predicted octanol–water partition coefficient (Wildman–Crippen LogP) is 3.94. The first kappa shape index (κ1) is 19.6. The minimum atomic E-state index is -0.743. The third kappa shape index (κ3) is 1.64. The number of nitrogens with zero attached hydrogens (tertiary/aromatic N) is 1. The quantitative estimate of drug-likeness (QED) is 0.788. The van der Waals surface area contributed by atoms with E-state index in [2.05, 4.69) is 37.9 Å². The summed E-state index contributed by atoms with van der Waals surface area (Å²) in [6.07, 6.45) is 7.09. The van der Waals surface area contributed by atoms with Gasteiger partial charge in [-0.2, -0.15) is 0 Å². The normalized spacial score (nSPS) is 47.4. The highest BCUT2D eigenvalue weighted by atomic mass is 16.5. The average Bonchev–Trinajstić information content (AvgIpc) is 3.25. The molecule has 1 spiro atoms. The molecule has 5 fully saturated rings. The van der Waals surface area contributed by atoms with Crippen molar-refractivity contribution in [2.75, 3.05) is 20.7 Å². The van der Waals surface area contributed by atoms with Crippen LogP contribution in [0.3, 0.4) is 0 Å². The summed E-state index contributed by atoms with van der Waals surface area (Å²) in [5.41, 5.74) is 2.38. The first-order valence-corrected chi connectivity index (χ1v) is 12.0. The molecule has 4 saturated carbocycles. The first-order valence-electron chi connectivity index (χ1n) is 12.0. The fourth-order valence-electron chi connectivity index (χ4n) is 10.1. The van der Waals surface area contributed by atoms with Crippen molar-refractivity contribution in [3.05, 3.63) is 28.8 Å². The molecular formula is C26H37NO3. The summed E-state index contributed by atoms with van der Waals surface area (Å²) < 4.78 is 6.43. The van der Waals surface area contributed by atoms with Gasteiger partial charge in [-0.1, -0.05) is 25.5 Å². The van der Waals surface area contributed by atoms with E-state index in [0.717, 1.165) is 57.1 Å². The van der Waals surface area contributed by atoms with E-state index >= 15 is 0 Å². The number of benzene rings is 1. The van der Waals surface area contributed by atoms with Crippen molar-refractivity contribution < 1.29 is 14.9 Å². The molecule has 6 aliphatic rings. The number of rotatable bonds is 4. The summed E-state index contributed by atoms with van der Waals surface area (Å²) in [5, 5.41) is 23.4. The van der Waals surface area contributed by atoms with Crippen LogP contribution in [-0.2, 0) is 16.6 Å². The monoisotopic (exact) mass is 411 g/mol. The van der Waals surface area contributed by atoms with Crippen LogP contribution in [0, 0.1) is 23.7 Å². The Morgan fingerprint density at radius 3 is 2.73 bits per heavy atom. The van der Waals surface area contributed by atoms with Crippen molar-refractivity contribution in [3.63, 3.8) is 0 Å². The highest BCUT2D eigenvalue weighted by molar-refractivity contribution is 5.62. The minimum Gasteiger partial charge on any atom is -0.507 e. The molecule has 3 unspecified atom stereocenters. The van der Waals surface area contributed by atoms with E-state index in [-0.39, 0.29) is 21.8 Å². The summed E-state index contributed by atoms with van der Waals surface area (Å²) in [6, 6.07) is 4.84. The van der Waals surface area contributed by atoms with E-state index in [0.29, 0.717) is 17.7 Å². The summed E-state index contributed by atoms with van der Waals surface area (Å²) in [7, 11) is 4.17. The zero-order valence-electron chi connectivity index (χ0n) is 19.2. The Bertz CT molecular complexity index is 942. The molecule has 1 aromatic carbocycles. The molecule has 6 bridgehead atoms. The van der Waals surface area contributed by atoms with Gasteiger partial charge in [0.15, 0.2) is 0 Å². The van der Waals surface area contributed by atoms with Crippen LogP contribution in [0.15, 0.2) is 12.1 Å². The van der Waals surface area contributed by atoms with Gasteiger partial charge in [-0.25, -0.2) is 0 Å². The lowest BCUT2D eigenvalue weighted by atomic mass is 9.43. The molecule has 164 valence electrons. The minimum absolute atomic E-state index is 0.0835. The number of phenolic OH excluding ortho intramolecular Hbond substituents is 1. The first-order chi connectivity index (χ1) is 14.2. The van der Waals surface area contributed by atoms with Crippen LogP contribution in [0.4, 0.5) is 0 Å². The molecule has 4 nitrogen and oxygen atoms in total. The Morgan fingerprint density at radius 2 is 2.03 bits per heavy atom. The SMILES string of the molecule is CCC[C@@](C)(O)C12C[C@@]34CC[C@]1(OC)C2C31CCN(C)[C@@H]4Cc2ccc(C)c(O)c21. The number of aromatic hydroxyl groups is 1. The third-order valence-corrected chi connectivity index (χ3v) is 11.0. The maximum Gasteiger partial charge on any atom is 0.122 e. The number of hydrogen-bond acceptors (Lipinski definition) is 4. The molecule has 1 aliphatic heterocycles. The standard InChI is InChI=1S/C26H37NO3/c1-6-9-22(3,29)25-15-23-10-11-26(25,30-5)21(25)24(23)12-13-27(4)18(23)14-17-8-7-16(2)20(28)19(17)24/h7-8,18,21,28-29H,6,9-15H2,1-5H3/t18-,21?,22-,23-,24?,25?,26+/m1/s1. The number of piperidine rings is 1. The van der Waals surface area contributed by atoms with Crippen molar-refractivity contribution in [3.8, 4) is 5.75 Å². The van der Waals surface area contributed by atoms with Gasteiger partial charge in [0.05, 0.1) is 11.2 Å². The van der Waals surface area contributed by atoms with Gasteiger partial charge >= 0.3 is 0 Å². The Morgan fingerprint density at radius 1 is 1.27 bits per heavy atom. The lowest BCUT2D eigenvalue weighted by Crippen LogP contribution is -2.69. The van der Waals surface area contributed by atoms with E-state index < -0.39 is 5.60 Å². The van der Waals surface area contributed by atoms with Crippen LogP contribution in [0.1, 0.15) is 69.1 Å². The Hall–Kier alpha value is -1.10. The second kappa shape index (κ2) is 5.44. The van der Waals surface area contributed by atoms with E-state index in [4.69, 9.17) is 4.74 Å². The molecule has 30 heavy (non-hydrogen) atoms. The lowest BCUT2D eigenvalue weighted by molar-refractivity contribution is -0.167. The fraction of sp³-hybridized carbons (Fsp3) is 0.769. The number of likely N-dealkylation sites (tertiary alicyclic amines) is 1. The van der Waals surface area contributed by atoms with E-state index in [1.807, 2.05) is 14.0 Å². The number of fused-ring (bicyclic) bond motifs is 2. The van der Waals surface area contributed by atoms with Crippen LogP contribution in [0.25, 0.3) is 0 Å². The Labute approximate surface area is 180 Å². The molecule has 1 heterocycles. The maximum atomic E-state index is 12.0. The largest absolute Gasteiger partial charge is 0.507 e. The molecule has 1 aromatic rings. The van der Waals surface area contributed by atoms with Gasteiger partial charge in [-0.15, -0.1) is 0 Å². The summed E-state index contributed by atoms with van der Waals surface area (Å²) >= 11 is 0. The van der Waals surface area contributed by atoms with Crippen molar-refractivity contribution >= 4 is 0 Å².